The van der Waals surface area contributed by atoms with E-state index >= 15 is 0 Å². The van der Waals surface area contributed by atoms with Crippen LogP contribution in [0.4, 0.5) is 0 Å². The number of nitrogens with zero attached hydrogens (tertiary/aromatic N) is 1. The molecule has 0 fully saturated rings. The lowest BCUT2D eigenvalue weighted by Crippen LogP contribution is -2.29. The quantitative estimate of drug-likeness (QED) is 0.669. The van der Waals surface area contributed by atoms with Crippen LogP contribution < -0.4 is 10.4 Å². The van der Waals surface area contributed by atoms with Crippen molar-refractivity contribution in [3.8, 4) is 0 Å². The van der Waals surface area contributed by atoms with Gasteiger partial charge >= 0.3 is 0 Å². The highest BCUT2D eigenvalue weighted by Crippen LogP contribution is 2.25. The Labute approximate surface area is 97.5 Å². The summed E-state index contributed by atoms with van der Waals surface area (Å²) in [5.74, 6) is 0. The van der Waals surface area contributed by atoms with Gasteiger partial charge in [-0.05, 0) is 5.22 Å². The average Bonchev–Trinajstić information content (AvgIpc) is 2.19. The van der Waals surface area contributed by atoms with Gasteiger partial charge in [0.2, 0.25) is 0 Å². The van der Waals surface area contributed by atoms with E-state index in [0.29, 0.717) is 0 Å². The molecule has 1 heteroatoms. The fraction of sp³-hybridized carbons (Fsp3) is 0.267. The van der Waals surface area contributed by atoms with Crippen LogP contribution in [0, 0.1) is 5.41 Å². The molecule has 0 atom stereocenters. The van der Waals surface area contributed by atoms with Crippen LogP contribution in [0.2, 0.25) is 0 Å². The zero-order chi connectivity index (χ0) is 12.2. The molecule has 0 aliphatic rings. The molecule has 0 unspecified atom stereocenters. The molecule has 1 rings (SSSR count). The molecule has 16 heavy (non-hydrogen) atoms. The monoisotopic (exact) mass is 213 g/mol. The van der Waals surface area contributed by atoms with E-state index in [1.165, 1.54) is 0 Å². The van der Waals surface area contributed by atoms with Crippen LogP contribution in [0.15, 0.2) is 41.9 Å². The number of aliphatic imine (C=N–C) groups is 1. The number of allylic oxidation sites excluding steroid dienone is 1. The Morgan fingerprint density at radius 3 is 2.38 bits per heavy atom. The minimum Gasteiger partial charge on any atom is -0.260 e. The smallest absolute Gasteiger partial charge is 0.0535 e. The molecule has 0 aliphatic carbocycles. The van der Waals surface area contributed by atoms with Crippen molar-refractivity contribution in [2.75, 3.05) is 0 Å². The Kier molecular flexibility index (Phi) is 3.83. The molecule has 0 bridgehead atoms. The molecule has 0 radical (unpaired) electrons. The second-order valence-electron chi connectivity index (χ2n) is 4.77. The van der Waals surface area contributed by atoms with Crippen molar-refractivity contribution in [1.82, 2.24) is 0 Å². The fourth-order valence-corrected chi connectivity index (χ4v) is 1.55. The third-order valence-electron chi connectivity index (χ3n) is 2.29. The van der Waals surface area contributed by atoms with Crippen molar-refractivity contribution >= 4 is 18.5 Å². The third-order valence-corrected chi connectivity index (χ3v) is 2.29. The molecule has 1 nitrogen and oxygen atoms in total. The predicted molar refractivity (Wildman–Crippen MR) is 72.8 cm³/mol. The normalized spacial score (nSPS) is 13.9. The minimum atomic E-state index is -0.00664. The van der Waals surface area contributed by atoms with Crippen molar-refractivity contribution in [1.29, 1.82) is 0 Å². The summed E-state index contributed by atoms with van der Waals surface area (Å²) in [5, 5.41) is 2.11. The van der Waals surface area contributed by atoms with Crippen LogP contribution in [0.25, 0.3) is 12.3 Å². The molecule has 0 saturated carbocycles. The van der Waals surface area contributed by atoms with Gasteiger partial charge in [0.15, 0.2) is 0 Å². The molecule has 0 aromatic heterocycles. The molecular formula is C15H19N. The molecule has 0 amide bonds. The molecule has 84 valence electrons. The number of hydrogen-bond donors (Lipinski definition) is 0. The molecule has 0 spiro atoms. The second-order valence-corrected chi connectivity index (χ2v) is 4.77. The van der Waals surface area contributed by atoms with Crippen molar-refractivity contribution in [3.63, 3.8) is 0 Å². The zero-order valence-corrected chi connectivity index (χ0v) is 10.3. The molecule has 0 N–H and O–H groups in total. The summed E-state index contributed by atoms with van der Waals surface area (Å²) in [6.07, 6.45) is 3.42. The van der Waals surface area contributed by atoms with Gasteiger partial charge in [-0.15, -0.1) is 0 Å². The Hall–Kier alpha value is -1.63. The highest BCUT2D eigenvalue weighted by Gasteiger charge is 2.16. The summed E-state index contributed by atoms with van der Waals surface area (Å²) in [5.41, 5.74) is 1.03. The lowest BCUT2D eigenvalue weighted by molar-refractivity contribution is 0.555. The second kappa shape index (κ2) is 4.93. The number of benzene rings is 1. The van der Waals surface area contributed by atoms with Crippen LogP contribution in [-0.4, -0.2) is 6.21 Å². The lowest BCUT2D eigenvalue weighted by atomic mass is 9.90. The summed E-state index contributed by atoms with van der Waals surface area (Å²) in [6, 6.07) is 8.07. The fourth-order valence-electron chi connectivity index (χ4n) is 1.55. The highest BCUT2D eigenvalue weighted by atomic mass is 14.8. The summed E-state index contributed by atoms with van der Waals surface area (Å²) in [7, 11) is 0. The van der Waals surface area contributed by atoms with E-state index in [1.54, 1.807) is 12.3 Å². The standard InChI is InChI=1S/C15H19N/c1-6-11-16-14(15(3,4)5)13-10-8-7-9-12(13)2/h6-11H,1-2H2,3-5H3/b14-13-,16-11?. The first kappa shape index (κ1) is 12.4. The molecule has 1 aromatic carbocycles. The van der Waals surface area contributed by atoms with E-state index in [2.05, 4.69) is 45.0 Å². The van der Waals surface area contributed by atoms with Gasteiger partial charge in [-0.2, -0.15) is 0 Å². The maximum atomic E-state index is 4.48. The maximum absolute atomic E-state index is 4.48. The lowest BCUT2D eigenvalue weighted by Gasteiger charge is -2.19. The summed E-state index contributed by atoms with van der Waals surface area (Å²) >= 11 is 0. The molecule has 0 aliphatic heterocycles. The predicted octanol–water partition coefficient (Wildman–Crippen LogP) is 2.51. The van der Waals surface area contributed by atoms with E-state index in [1.807, 2.05) is 18.2 Å². The van der Waals surface area contributed by atoms with Crippen LogP contribution in [-0.2, 0) is 0 Å². The van der Waals surface area contributed by atoms with E-state index in [0.717, 1.165) is 16.1 Å². The van der Waals surface area contributed by atoms with Gasteiger partial charge in [-0.3, -0.25) is 4.99 Å². The molecule has 0 heterocycles. The van der Waals surface area contributed by atoms with Gasteiger partial charge in [0.05, 0.1) is 5.70 Å². The summed E-state index contributed by atoms with van der Waals surface area (Å²) < 4.78 is 0. The maximum Gasteiger partial charge on any atom is 0.0535 e. The largest absolute Gasteiger partial charge is 0.260 e. The van der Waals surface area contributed by atoms with Crippen LogP contribution in [0.5, 0.6) is 0 Å². The van der Waals surface area contributed by atoms with E-state index < -0.39 is 0 Å². The van der Waals surface area contributed by atoms with Gasteiger partial charge in [-0.1, -0.05) is 64.3 Å². The summed E-state index contributed by atoms with van der Waals surface area (Å²) in [4.78, 5) is 4.48. The van der Waals surface area contributed by atoms with Gasteiger partial charge < -0.3 is 0 Å². The van der Waals surface area contributed by atoms with Crippen molar-refractivity contribution in [2.24, 2.45) is 10.4 Å². The van der Waals surface area contributed by atoms with Crippen LogP contribution in [0.3, 0.4) is 0 Å². The van der Waals surface area contributed by atoms with Gasteiger partial charge in [0.1, 0.15) is 0 Å². The Balaban J connectivity index is 3.59. The van der Waals surface area contributed by atoms with E-state index in [4.69, 9.17) is 0 Å². The van der Waals surface area contributed by atoms with Gasteiger partial charge in [0.25, 0.3) is 0 Å². The van der Waals surface area contributed by atoms with Crippen LogP contribution >= 0.6 is 0 Å². The topological polar surface area (TPSA) is 12.4 Å². The van der Waals surface area contributed by atoms with Gasteiger partial charge in [0, 0.05) is 16.8 Å². The van der Waals surface area contributed by atoms with Gasteiger partial charge in [-0.25, -0.2) is 0 Å². The minimum absolute atomic E-state index is 0.00664. The van der Waals surface area contributed by atoms with Crippen molar-refractivity contribution < 1.29 is 0 Å². The molecule has 0 saturated heterocycles. The highest BCUT2D eigenvalue weighted by molar-refractivity contribution is 5.75. The van der Waals surface area contributed by atoms with Crippen molar-refractivity contribution in [2.45, 2.75) is 20.8 Å². The Morgan fingerprint density at radius 2 is 1.88 bits per heavy atom. The first-order valence-corrected chi connectivity index (χ1v) is 5.40. The van der Waals surface area contributed by atoms with E-state index in [9.17, 15) is 0 Å². The number of hydrogen-bond acceptors (Lipinski definition) is 1. The Morgan fingerprint density at radius 1 is 1.25 bits per heavy atom. The zero-order valence-electron chi connectivity index (χ0n) is 10.3. The first-order valence-electron chi connectivity index (χ1n) is 5.40. The molecule has 1 aromatic rings. The van der Waals surface area contributed by atoms with Crippen LogP contribution in [0.1, 0.15) is 20.8 Å². The average molecular weight is 213 g/mol. The third kappa shape index (κ3) is 2.93. The Bertz CT molecular complexity index is 501. The SMILES string of the molecule is C=CC=N/C(=c1/ccccc1=C)C(C)(C)C. The molecular weight excluding hydrogens is 194 g/mol. The number of rotatable bonds is 2. The van der Waals surface area contributed by atoms with Crippen molar-refractivity contribution in [3.05, 3.63) is 47.4 Å². The summed E-state index contributed by atoms with van der Waals surface area (Å²) in [6.45, 7) is 14.1. The first-order chi connectivity index (χ1) is 7.46. The van der Waals surface area contributed by atoms with E-state index in [-0.39, 0.29) is 5.41 Å².